The Morgan fingerprint density at radius 1 is 1.23 bits per heavy atom. The van der Waals surface area contributed by atoms with Gasteiger partial charge >= 0.3 is 0 Å². The summed E-state index contributed by atoms with van der Waals surface area (Å²) in [6.45, 7) is 1.98. The minimum absolute atomic E-state index is 0.116. The molecule has 1 heterocycles. The first-order chi connectivity index (χ1) is 19.0. The molecule has 0 unspecified atom stereocenters. The Morgan fingerprint density at radius 3 is 2.50 bits per heavy atom. The van der Waals surface area contributed by atoms with Gasteiger partial charge < -0.3 is 20.8 Å². The molecule has 40 heavy (non-hydrogen) atoms. The quantitative estimate of drug-likeness (QED) is 0.165. The number of carbonyl (C=O) groups excluding carboxylic acids is 2. The number of nitrogens with one attached hydrogen (secondary N) is 2. The number of benzene rings is 2. The Morgan fingerprint density at radius 2 is 1.93 bits per heavy atom. The van der Waals surface area contributed by atoms with Gasteiger partial charge in [-0.1, -0.05) is 15.9 Å². The van der Waals surface area contributed by atoms with Crippen LogP contribution in [0.1, 0.15) is 52.6 Å². The highest BCUT2D eigenvalue weighted by Crippen LogP contribution is 2.46. The molecule has 1 aromatic heterocycles. The van der Waals surface area contributed by atoms with Gasteiger partial charge in [0.15, 0.2) is 12.1 Å². The van der Waals surface area contributed by atoms with E-state index in [0.29, 0.717) is 29.1 Å². The SMILES string of the molecule is CNC(=O)C(=Nc1ccc(Br)cc1)c1cc(C2CC2)c(N(CCCNC(=O)c2ncoc2C)S(C)(=O)=O)cc1N. The number of sulfonamides is 1. The molecule has 1 fully saturated rings. The molecule has 1 aliphatic carbocycles. The van der Waals surface area contributed by atoms with E-state index >= 15 is 0 Å². The Balaban J connectivity index is 1.64. The normalized spacial score (nSPS) is 13.7. The lowest BCUT2D eigenvalue weighted by Gasteiger charge is -2.26. The highest BCUT2D eigenvalue weighted by molar-refractivity contribution is 9.10. The zero-order chi connectivity index (χ0) is 29.0. The van der Waals surface area contributed by atoms with E-state index in [-0.39, 0.29) is 36.1 Å². The number of nitrogens with two attached hydrogens (primary N) is 1. The van der Waals surface area contributed by atoms with Crippen LogP contribution in [0.2, 0.25) is 0 Å². The van der Waals surface area contributed by atoms with E-state index in [9.17, 15) is 18.0 Å². The van der Waals surface area contributed by atoms with Crippen LogP contribution in [0.25, 0.3) is 0 Å². The van der Waals surface area contributed by atoms with Crippen molar-refractivity contribution >= 4 is 60.5 Å². The van der Waals surface area contributed by atoms with Crippen molar-refractivity contribution in [3.8, 4) is 0 Å². The first kappa shape index (κ1) is 29.3. The Hall–Kier alpha value is -3.71. The number of likely N-dealkylation sites (N-methyl/N-ethyl adjacent to an activating group) is 1. The van der Waals surface area contributed by atoms with Crippen molar-refractivity contribution in [3.63, 3.8) is 0 Å². The van der Waals surface area contributed by atoms with Crippen molar-refractivity contribution in [1.82, 2.24) is 15.6 Å². The molecule has 0 spiro atoms. The van der Waals surface area contributed by atoms with E-state index in [1.54, 1.807) is 31.2 Å². The highest BCUT2D eigenvalue weighted by Gasteiger charge is 2.32. The monoisotopic (exact) mass is 630 g/mol. The van der Waals surface area contributed by atoms with E-state index in [1.165, 1.54) is 17.7 Å². The molecule has 0 saturated heterocycles. The van der Waals surface area contributed by atoms with Crippen LogP contribution < -0.4 is 20.7 Å². The van der Waals surface area contributed by atoms with Crippen molar-refractivity contribution in [2.75, 3.05) is 36.4 Å². The van der Waals surface area contributed by atoms with E-state index < -0.39 is 21.8 Å². The average Bonchev–Trinajstić information content (AvgIpc) is 3.66. The maximum atomic E-state index is 12.9. The number of aromatic nitrogens is 1. The van der Waals surface area contributed by atoms with Crippen LogP contribution in [-0.2, 0) is 14.8 Å². The first-order valence-electron chi connectivity index (χ1n) is 12.7. The van der Waals surface area contributed by atoms with Gasteiger partial charge in [0.1, 0.15) is 11.5 Å². The smallest absolute Gasteiger partial charge is 0.273 e. The molecule has 4 N–H and O–H groups in total. The Kier molecular flexibility index (Phi) is 8.94. The largest absolute Gasteiger partial charge is 0.448 e. The van der Waals surface area contributed by atoms with E-state index in [1.807, 2.05) is 12.1 Å². The Labute approximate surface area is 241 Å². The third-order valence-corrected chi connectivity index (χ3v) is 8.14. The summed E-state index contributed by atoms with van der Waals surface area (Å²) in [4.78, 5) is 33.7. The number of halogens is 1. The predicted octanol–water partition coefficient (Wildman–Crippen LogP) is 3.66. The molecule has 13 heteroatoms. The van der Waals surface area contributed by atoms with Crippen LogP contribution in [0, 0.1) is 6.92 Å². The third kappa shape index (κ3) is 6.89. The van der Waals surface area contributed by atoms with Gasteiger partial charge in [-0.15, -0.1) is 0 Å². The molecule has 212 valence electrons. The van der Waals surface area contributed by atoms with Gasteiger partial charge in [0.2, 0.25) is 10.0 Å². The lowest BCUT2D eigenvalue weighted by atomic mass is 9.98. The second kappa shape index (κ2) is 12.2. The van der Waals surface area contributed by atoms with Gasteiger partial charge in [-0.2, -0.15) is 0 Å². The molecule has 0 bridgehead atoms. The fourth-order valence-electron chi connectivity index (χ4n) is 4.26. The first-order valence-corrected chi connectivity index (χ1v) is 15.3. The summed E-state index contributed by atoms with van der Waals surface area (Å²) >= 11 is 3.39. The molecular weight excluding hydrogens is 600 g/mol. The maximum Gasteiger partial charge on any atom is 0.273 e. The number of aryl methyl sites for hydroxylation is 1. The fourth-order valence-corrected chi connectivity index (χ4v) is 5.50. The van der Waals surface area contributed by atoms with Gasteiger partial charge in [0.25, 0.3) is 11.8 Å². The summed E-state index contributed by atoms with van der Waals surface area (Å²) in [6.07, 6.45) is 4.45. The summed E-state index contributed by atoms with van der Waals surface area (Å²) in [5.41, 5.74) is 9.25. The highest BCUT2D eigenvalue weighted by atomic mass is 79.9. The van der Waals surface area contributed by atoms with E-state index in [2.05, 4.69) is 36.5 Å². The molecule has 4 rings (SSSR count). The Bertz CT molecular complexity index is 1550. The topological polar surface area (TPSA) is 160 Å². The summed E-state index contributed by atoms with van der Waals surface area (Å²) in [7, 11) is -2.18. The molecule has 3 aromatic rings. The van der Waals surface area contributed by atoms with Crippen molar-refractivity contribution < 1.29 is 22.4 Å². The standard InChI is InChI=1S/C27H31BrN6O5S/c1-16-24(32-15-39-16)27(36)31-11-4-12-34(40(3,37)38)23-14-22(29)21(13-20(23)17-5-6-17)25(26(35)30-2)33-19-9-7-18(28)8-10-19/h7-10,13-15,17H,4-6,11-12,29H2,1-3H3,(H,30,35)(H,31,36). The third-order valence-electron chi connectivity index (χ3n) is 6.43. The number of carbonyl (C=O) groups is 2. The number of aliphatic imine (C=N–C) groups is 1. The van der Waals surface area contributed by atoms with Gasteiger partial charge in [-0.05, 0) is 74.1 Å². The molecule has 1 saturated carbocycles. The lowest BCUT2D eigenvalue weighted by molar-refractivity contribution is -0.114. The van der Waals surface area contributed by atoms with Gasteiger partial charge in [-0.25, -0.2) is 18.4 Å². The maximum absolute atomic E-state index is 12.9. The second-order valence-corrected chi connectivity index (χ2v) is 12.3. The number of hydrogen-bond acceptors (Lipinski definition) is 8. The number of oxazole rings is 1. The van der Waals surface area contributed by atoms with Gasteiger partial charge in [-0.3, -0.25) is 13.9 Å². The second-order valence-electron chi connectivity index (χ2n) is 9.49. The van der Waals surface area contributed by atoms with Crippen molar-refractivity contribution in [1.29, 1.82) is 0 Å². The van der Waals surface area contributed by atoms with Crippen molar-refractivity contribution in [2.45, 2.75) is 32.1 Å². The number of hydrogen-bond donors (Lipinski definition) is 3. The van der Waals surface area contributed by atoms with Crippen molar-refractivity contribution in [2.24, 2.45) is 4.99 Å². The zero-order valence-electron chi connectivity index (χ0n) is 22.4. The van der Waals surface area contributed by atoms with Crippen LogP contribution in [0.5, 0.6) is 0 Å². The van der Waals surface area contributed by atoms with Crippen LogP contribution in [-0.4, -0.2) is 57.3 Å². The molecule has 2 aromatic carbocycles. The van der Waals surface area contributed by atoms with Crippen LogP contribution in [0.15, 0.2) is 56.7 Å². The average molecular weight is 632 g/mol. The number of nitrogens with zero attached hydrogens (tertiary/aromatic N) is 3. The summed E-state index contributed by atoms with van der Waals surface area (Å²) in [6, 6.07) is 10.6. The lowest BCUT2D eigenvalue weighted by Crippen LogP contribution is -2.35. The zero-order valence-corrected chi connectivity index (χ0v) is 24.8. The molecule has 0 atom stereocenters. The van der Waals surface area contributed by atoms with E-state index in [0.717, 1.165) is 29.1 Å². The minimum Gasteiger partial charge on any atom is -0.448 e. The molecular formula is C27H31BrN6O5S. The molecule has 2 amide bonds. The molecule has 11 nitrogen and oxygen atoms in total. The summed E-state index contributed by atoms with van der Waals surface area (Å²) < 4.78 is 33.1. The number of nitrogen functional groups attached to an aromatic ring is 1. The minimum atomic E-state index is -3.70. The predicted molar refractivity (Wildman–Crippen MR) is 158 cm³/mol. The van der Waals surface area contributed by atoms with Crippen LogP contribution >= 0.6 is 15.9 Å². The van der Waals surface area contributed by atoms with Gasteiger partial charge in [0.05, 0.1) is 17.6 Å². The van der Waals surface area contributed by atoms with E-state index in [4.69, 9.17) is 10.2 Å². The molecule has 0 aliphatic heterocycles. The van der Waals surface area contributed by atoms with Crippen molar-refractivity contribution in [3.05, 3.63) is 69.8 Å². The number of amides is 2. The summed E-state index contributed by atoms with van der Waals surface area (Å²) in [5.74, 6) is -0.273. The molecule has 0 radical (unpaired) electrons. The van der Waals surface area contributed by atoms with Crippen LogP contribution in [0.3, 0.4) is 0 Å². The number of anilines is 2. The van der Waals surface area contributed by atoms with Gasteiger partial charge in [0, 0.05) is 35.9 Å². The van der Waals surface area contributed by atoms with Crippen LogP contribution in [0.4, 0.5) is 17.1 Å². The summed E-state index contributed by atoms with van der Waals surface area (Å²) in [5, 5.41) is 5.36. The fraction of sp³-hybridized carbons (Fsp3) is 0.333. The number of rotatable bonds is 11. The molecule has 1 aliphatic rings.